The monoisotopic (exact) mass is 300 g/mol. The van der Waals surface area contributed by atoms with Gasteiger partial charge in [-0.05, 0) is 46.6 Å². The van der Waals surface area contributed by atoms with E-state index in [4.69, 9.17) is 16.3 Å². The van der Waals surface area contributed by atoms with E-state index in [-0.39, 0.29) is 0 Å². The van der Waals surface area contributed by atoms with E-state index in [2.05, 4.69) is 16.9 Å². The van der Waals surface area contributed by atoms with Crippen LogP contribution in [0.25, 0.3) is 0 Å². The molecule has 114 valence electrons. The number of carbonyl (C=O) groups excluding carboxylic acids is 1. The quantitative estimate of drug-likeness (QED) is 0.449. The van der Waals surface area contributed by atoms with E-state index in [9.17, 15) is 4.79 Å². The van der Waals surface area contributed by atoms with Gasteiger partial charge in [0, 0.05) is 5.71 Å². The number of alkyl carbamates (subject to hydrolysis) is 1. The second-order valence-electron chi connectivity index (χ2n) is 5.54. The van der Waals surface area contributed by atoms with Gasteiger partial charge in [-0.1, -0.05) is 30.7 Å². The second-order valence-corrected chi connectivity index (χ2v) is 5.92. The van der Waals surface area contributed by atoms with Crippen LogP contribution in [0.3, 0.4) is 0 Å². The maximum atomic E-state index is 11.5. The Labute approximate surface area is 126 Å². The zero-order valence-electron chi connectivity index (χ0n) is 13.0. The van der Waals surface area contributed by atoms with E-state index in [1.165, 1.54) is 0 Å². The average molecular weight is 301 g/mol. The summed E-state index contributed by atoms with van der Waals surface area (Å²) in [5, 5.41) is 3.03. The van der Waals surface area contributed by atoms with Gasteiger partial charge in [0.15, 0.2) is 0 Å². The molecule has 0 aromatic heterocycles. The number of halogens is 1. The lowest BCUT2D eigenvalue weighted by molar-refractivity contribution is 0.0536. The van der Waals surface area contributed by atoms with Crippen LogP contribution < -0.4 is 5.32 Å². The molecule has 0 radical (unpaired) electrons. The SMILES string of the molecule is C=C(CC)C/C=C(/Cl)N=C(C)CNC(=O)OC(C)(C)C. The molecule has 0 heterocycles. The van der Waals surface area contributed by atoms with Crippen LogP contribution in [0.15, 0.2) is 28.4 Å². The Morgan fingerprint density at radius 1 is 1.45 bits per heavy atom. The Morgan fingerprint density at radius 2 is 2.05 bits per heavy atom. The van der Waals surface area contributed by atoms with Crippen molar-refractivity contribution in [2.24, 2.45) is 4.99 Å². The number of hydrogen-bond donors (Lipinski definition) is 1. The van der Waals surface area contributed by atoms with Gasteiger partial charge in [0.2, 0.25) is 0 Å². The van der Waals surface area contributed by atoms with Crippen molar-refractivity contribution >= 4 is 23.4 Å². The van der Waals surface area contributed by atoms with Crippen LogP contribution in [0.5, 0.6) is 0 Å². The average Bonchev–Trinajstić information content (AvgIpc) is 2.31. The van der Waals surface area contributed by atoms with Crippen LogP contribution in [0, 0.1) is 0 Å². The van der Waals surface area contributed by atoms with Crippen LogP contribution >= 0.6 is 11.6 Å². The van der Waals surface area contributed by atoms with Crippen molar-refractivity contribution in [3.63, 3.8) is 0 Å². The van der Waals surface area contributed by atoms with Crippen molar-refractivity contribution in [1.29, 1.82) is 0 Å². The highest BCUT2D eigenvalue weighted by Gasteiger charge is 2.15. The first kappa shape index (κ1) is 18.7. The molecule has 0 atom stereocenters. The van der Waals surface area contributed by atoms with E-state index in [1.807, 2.05) is 33.8 Å². The Morgan fingerprint density at radius 3 is 2.55 bits per heavy atom. The first-order chi connectivity index (χ1) is 9.14. The lowest BCUT2D eigenvalue weighted by atomic mass is 10.2. The summed E-state index contributed by atoms with van der Waals surface area (Å²) >= 11 is 5.99. The van der Waals surface area contributed by atoms with Gasteiger partial charge in [0.1, 0.15) is 10.8 Å². The number of allylic oxidation sites excluding steroid dienone is 2. The zero-order valence-corrected chi connectivity index (χ0v) is 13.8. The van der Waals surface area contributed by atoms with Crippen molar-refractivity contribution in [2.45, 2.75) is 53.1 Å². The van der Waals surface area contributed by atoms with Crippen LogP contribution in [-0.4, -0.2) is 24.0 Å². The van der Waals surface area contributed by atoms with Gasteiger partial charge in [-0.2, -0.15) is 0 Å². The van der Waals surface area contributed by atoms with E-state index in [0.717, 1.165) is 12.0 Å². The van der Waals surface area contributed by atoms with Gasteiger partial charge in [-0.15, -0.1) is 0 Å². The molecule has 0 bridgehead atoms. The van der Waals surface area contributed by atoms with E-state index in [0.29, 0.717) is 23.8 Å². The van der Waals surface area contributed by atoms with Gasteiger partial charge < -0.3 is 10.1 Å². The topological polar surface area (TPSA) is 50.7 Å². The zero-order chi connectivity index (χ0) is 15.8. The summed E-state index contributed by atoms with van der Waals surface area (Å²) in [6.07, 6.45) is 2.98. The van der Waals surface area contributed by atoms with Crippen LogP contribution in [0.2, 0.25) is 0 Å². The summed E-state index contributed by atoms with van der Waals surface area (Å²) in [7, 11) is 0. The Balaban J connectivity index is 4.26. The lowest BCUT2D eigenvalue weighted by Gasteiger charge is -2.19. The molecule has 0 aliphatic carbocycles. The number of amides is 1. The Bertz CT molecular complexity index is 407. The number of aliphatic imine (C=N–C) groups is 1. The minimum atomic E-state index is -0.507. The summed E-state index contributed by atoms with van der Waals surface area (Å²) < 4.78 is 5.12. The van der Waals surface area contributed by atoms with Crippen molar-refractivity contribution in [2.75, 3.05) is 6.54 Å². The normalized spacial score (nSPS) is 13.1. The van der Waals surface area contributed by atoms with Crippen LogP contribution in [0.4, 0.5) is 4.79 Å². The molecule has 1 N–H and O–H groups in total. The van der Waals surface area contributed by atoms with Crippen molar-refractivity contribution in [1.82, 2.24) is 5.32 Å². The molecule has 0 aliphatic rings. The number of carbonyl (C=O) groups is 1. The lowest BCUT2D eigenvalue weighted by Crippen LogP contribution is -2.34. The highest BCUT2D eigenvalue weighted by molar-refractivity contribution is 6.30. The number of nitrogens with zero attached hydrogens (tertiary/aromatic N) is 1. The van der Waals surface area contributed by atoms with Crippen LogP contribution in [0.1, 0.15) is 47.5 Å². The predicted octanol–water partition coefficient (Wildman–Crippen LogP) is 4.41. The minimum absolute atomic E-state index is 0.299. The number of rotatable bonds is 6. The van der Waals surface area contributed by atoms with Gasteiger partial charge in [-0.3, -0.25) is 0 Å². The molecule has 0 aromatic rings. The number of ether oxygens (including phenoxy) is 1. The third-order valence-corrected chi connectivity index (χ3v) is 2.48. The summed E-state index contributed by atoms with van der Waals surface area (Å²) in [5.74, 6) is 0. The number of hydrogen-bond acceptors (Lipinski definition) is 3. The fraction of sp³-hybridized carbons (Fsp3) is 0.600. The fourth-order valence-corrected chi connectivity index (χ4v) is 1.38. The predicted molar refractivity (Wildman–Crippen MR) is 85.3 cm³/mol. The molecular weight excluding hydrogens is 276 g/mol. The summed E-state index contributed by atoms with van der Waals surface area (Å²) in [6, 6.07) is 0. The fourth-order valence-electron chi connectivity index (χ4n) is 1.15. The maximum Gasteiger partial charge on any atom is 0.407 e. The molecule has 0 aliphatic heterocycles. The molecule has 4 nitrogen and oxygen atoms in total. The van der Waals surface area contributed by atoms with E-state index >= 15 is 0 Å². The van der Waals surface area contributed by atoms with E-state index in [1.54, 1.807) is 6.92 Å². The Kier molecular flexibility index (Phi) is 8.23. The Hall–Kier alpha value is -1.29. The van der Waals surface area contributed by atoms with Crippen molar-refractivity contribution in [3.05, 3.63) is 23.4 Å². The standard InChI is InChI=1S/C15H25ClN2O2/c1-7-11(2)8-9-13(16)18-12(3)10-17-14(19)20-15(4,5)6/h9H,2,7-8,10H2,1,3-6H3,(H,17,19)/b13-9-,18-12?. The largest absolute Gasteiger partial charge is 0.444 e. The van der Waals surface area contributed by atoms with Crippen LogP contribution in [-0.2, 0) is 4.74 Å². The van der Waals surface area contributed by atoms with Gasteiger partial charge in [0.25, 0.3) is 0 Å². The molecule has 0 rings (SSSR count). The maximum absolute atomic E-state index is 11.5. The third-order valence-electron chi connectivity index (χ3n) is 2.24. The molecule has 0 spiro atoms. The van der Waals surface area contributed by atoms with Crippen molar-refractivity contribution in [3.8, 4) is 0 Å². The molecule has 1 amide bonds. The first-order valence-electron chi connectivity index (χ1n) is 6.67. The highest BCUT2D eigenvalue weighted by atomic mass is 35.5. The first-order valence-corrected chi connectivity index (χ1v) is 7.05. The molecule has 0 saturated heterocycles. The molecule has 0 unspecified atom stereocenters. The minimum Gasteiger partial charge on any atom is -0.444 e. The summed E-state index contributed by atoms with van der Waals surface area (Å²) in [5.41, 5.74) is 1.30. The molecule has 20 heavy (non-hydrogen) atoms. The molecule has 0 saturated carbocycles. The molecule has 0 aromatic carbocycles. The third kappa shape index (κ3) is 10.6. The van der Waals surface area contributed by atoms with Gasteiger partial charge in [-0.25, -0.2) is 9.79 Å². The molecule has 0 fully saturated rings. The second kappa shape index (κ2) is 8.80. The van der Waals surface area contributed by atoms with Gasteiger partial charge in [0.05, 0.1) is 6.54 Å². The molecule has 5 heteroatoms. The summed E-state index contributed by atoms with van der Waals surface area (Å²) in [4.78, 5) is 15.6. The number of nitrogens with one attached hydrogen (secondary N) is 1. The highest BCUT2D eigenvalue weighted by Crippen LogP contribution is 2.11. The summed E-state index contributed by atoms with van der Waals surface area (Å²) in [6.45, 7) is 13.5. The smallest absolute Gasteiger partial charge is 0.407 e. The molecular formula is C15H25ClN2O2. The van der Waals surface area contributed by atoms with E-state index < -0.39 is 11.7 Å². The van der Waals surface area contributed by atoms with Crippen molar-refractivity contribution < 1.29 is 9.53 Å². The van der Waals surface area contributed by atoms with Gasteiger partial charge >= 0.3 is 6.09 Å².